The zero-order valence-corrected chi connectivity index (χ0v) is 20.7. The number of para-hydroxylation sites is 1. The Bertz CT molecular complexity index is 1290. The number of hydrogen-bond acceptors (Lipinski definition) is 5. The molecule has 4 rings (SSSR count). The molecule has 0 spiro atoms. The molecular formula is C24H19Cl3N4OS. The molecule has 0 N–H and O–H groups in total. The highest BCUT2D eigenvalue weighted by Gasteiger charge is 2.11. The molecule has 0 saturated carbocycles. The fourth-order valence-electron chi connectivity index (χ4n) is 2.95. The van der Waals surface area contributed by atoms with E-state index in [2.05, 4.69) is 15.3 Å². The average Bonchev–Trinajstić information content (AvgIpc) is 3.16. The summed E-state index contributed by atoms with van der Waals surface area (Å²) in [5.41, 5.74) is 2.70. The van der Waals surface area contributed by atoms with Crippen molar-refractivity contribution in [2.75, 3.05) is 0 Å². The minimum Gasteiger partial charge on any atom is -0.488 e. The Morgan fingerprint density at radius 2 is 1.73 bits per heavy atom. The Morgan fingerprint density at radius 3 is 2.55 bits per heavy atom. The zero-order valence-electron chi connectivity index (χ0n) is 17.6. The van der Waals surface area contributed by atoms with E-state index < -0.39 is 0 Å². The second-order valence-corrected chi connectivity index (χ2v) is 9.22. The molecule has 0 atom stereocenters. The SMILES string of the molecule is Cc1nnc(SCc2ccc(Cl)cc2Cl)n1/N=C/c1ccccc1OCc1ccccc1Cl. The highest BCUT2D eigenvalue weighted by Crippen LogP contribution is 2.28. The highest BCUT2D eigenvalue weighted by atomic mass is 35.5. The maximum atomic E-state index is 6.29. The molecule has 0 aliphatic carbocycles. The zero-order chi connectivity index (χ0) is 23.2. The van der Waals surface area contributed by atoms with Gasteiger partial charge in [0.15, 0.2) is 5.82 Å². The third kappa shape index (κ3) is 6.09. The van der Waals surface area contributed by atoms with Gasteiger partial charge >= 0.3 is 0 Å². The Kier molecular flexibility index (Phi) is 7.93. The van der Waals surface area contributed by atoms with Crippen LogP contribution >= 0.6 is 46.6 Å². The van der Waals surface area contributed by atoms with Gasteiger partial charge in [0.2, 0.25) is 5.16 Å². The van der Waals surface area contributed by atoms with E-state index in [4.69, 9.17) is 39.5 Å². The van der Waals surface area contributed by atoms with Crippen LogP contribution in [0.4, 0.5) is 0 Å². The number of rotatable bonds is 8. The van der Waals surface area contributed by atoms with E-state index in [0.29, 0.717) is 44.2 Å². The van der Waals surface area contributed by atoms with Crippen LogP contribution in [0.15, 0.2) is 77.0 Å². The number of halogens is 3. The van der Waals surface area contributed by atoms with E-state index in [-0.39, 0.29) is 0 Å². The van der Waals surface area contributed by atoms with Gasteiger partial charge in [0.1, 0.15) is 12.4 Å². The van der Waals surface area contributed by atoms with Gasteiger partial charge in [0, 0.05) is 31.9 Å². The summed E-state index contributed by atoms with van der Waals surface area (Å²) in [5.74, 6) is 1.99. The number of aryl methyl sites for hydroxylation is 1. The van der Waals surface area contributed by atoms with Crippen molar-refractivity contribution in [3.8, 4) is 5.75 Å². The standard InChI is InChI=1S/C24H19Cl3N4OS/c1-16-29-30-24(33-15-19-10-11-20(25)12-22(19)27)31(16)28-13-17-6-3-5-9-23(17)32-14-18-7-2-4-8-21(18)26/h2-13H,14-15H2,1H3/b28-13+. The Morgan fingerprint density at radius 1 is 0.939 bits per heavy atom. The van der Waals surface area contributed by atoms with Crippen LogP contribution in [-0.4, -0.2) is 21.1 Å². The molecule has 33 heavy (non-hydrogen) atoms. The molecule has 0 saturated heterocycles. The third-order valence-corrected chi connectivity index (χ3v) is 6.64. The lowest BCUT2D eigenvalue weighted by atomic mass is 10.2. The van der Waals surface area contributed by atoms with Gasteiger partial charge < -0.3 is 4.74 Å². The molecule has 3 aromatic carbocycles. The second kappa shape index (κ2) is 11.1. The van der Waals surface area contributed by atoms with Crippen LogP contribution in [0.2, 0.25) is 15.1 Å². The number of aromatic nitrogens is 3. The summed E-state index contributed by atoms with van der Waals surface area (Å²) in [7, 11) is 0. The van der Waals surface area contributed by atoms with E-state index in [0.717, 1.165) is 16.7 Å². The number of benzene rings is 3. The maximum Gasteiger partial charge on any atom is 0.212 e. The van der Waals surface area contributed by atoms with Crippen molar-refractivity contribution in [2.24, 2.45) is 5.10 Å². The molecule has 0 fully saturated rings. The number of nitrogens with zero attached hydrogens (tertiary/aromatic N) is 4. The number of ether oxygens (including phenoxy) is 1. The van der Waals surface area contributed by atoms with Crippen LogP contribution in [-0.2, 0) is 12.4 Å². The molecule has 0 unspecified atom stereocenters. The van der Waals surface area contributed by atoms with Gasteiger partial charge in [-0.05, 0) is 42.8 Å². The van der Waals surface area contributed by atoms with Gasteiger partial charge in [-0.1, -0.05) is 83.0 Å². The molecule has 0 amide bonds. The van der Waals surface area contributed by atoms with Gasteiger partial charge in [-0.3, -0.25) is 0 Å². The van der Waals surface area contributed by atoms with Gasteiger partial charge in [0.05, 0.1) is 6.21 Å². The summed E-state index contributed by atoms with van der Waals surface area (Å²) in [6.45, 7) is 2.21. The maximum absolute atomic E-state index is 6.29. The molecule has 0 bridgehead atoms. The molecule has 4 aromatic rings. The first kappa shape index (κ1) is 23.6. The minimum atomic E-state index is 0.360. The normalized spacial score (nSPS) is 11.3. The van der Waals surface area contributed by atoms with Crippen molar-refractivity contribution >= 4 is 52.8 Å². The van der Waals surface area contributed by atoms with Gasteiger partial charge in [-0.15, -0.1) is 10.2 Å². The van der Waals surface area contributed by atoms with Crippen molar-refractivity contribution in [3.05, 3.63) is 104 Å². The van der Waals surface area contributed by atoms with Crippen molar-refractivity contribution in [1.82, 2.24) is 14.9 Å². The van der Waals surface area contributed by atoms with Crippen LogP contribution in [0.25, 0.3) is 0 Å². The molecule has 9 heteroatoms. The molecule has 1 aromatic heterocycles. The Hall–Kier alpha value is -2.51. The third-order valence-electron chi connectivity index (χ3n) is 4.71. The quantitative estimate of drug-likeness (QED) is 0.182. The van der Waals surface area contributed by atoms with E-state index in [1.807, 2.05) is 67.6 Å². The minimum absolute atomic E-state index is 0.360. The molecule has 1 heterocycles. The van der Waals surface area contributed by atoms with E-state index >= 15 is 0 Å². The van der Waals surface area contributed by atoms with E-state index in [9.17, 15) is 0 Å². The average molecular weight is 518 g/mol. The molecule has 168 valence electrons. The van der Waals surface area contributed by atoms with Gasteiger partial charge in [0.25, 0.3) is 0 Å². The van der Waals surface area contributed by atoms with Crippen LogP contribution in [0.5, 0.6) is 5.75 Å². The van der Waals surface area contributed by atoms with Gasteiger partial charge in [-0.25, -0.2) is 0 Å². The lowest BCUT2D eigenvalue weighted by molar-refractivity contribution is 0.306. The summed E-state index contributed by atoms with van der Waals surface area (Å²) < 4.78 is 7.71. The summed E-state index contributed by atoms with van der Waals surface area (Å²) >= 11 is 20.0. The van der Waals surface area contributed by atoms with Crippen molar-refractivity contribution < 1.29 is 4.74 Å². The largest absolute Gasteiger partial charge is 0.488 e. The predicted molar refractivity (Wildman–Crippen MR) is 136 cm³/mol. The van der Waals surface area contributed by atoms with E-state index in [1.54, 1.807) is 17.0 Å². The highest BCUT2D eigenvalue weighted by molar-refractivity contribution is 7.98. The van der Waals surface area contributed by atoms with Crippen molar-refractivity contribution in [3.63, 3.8) is 0 Å². The van der Waals surface area contributed by atoms with Gasteiger partial charge in [-0.2, -0.15) is 9.78 Å². The van der Waals surface area contributed by atoms with Crippen molar-refractivity contribution in [1.29, 1.82) is 0 Å². The first-order valence-electron chi connectivity index (χ1n) is 9.99. The summed E-state index contributed by atoms with van der Waals surface area (Å²) in [5, 5.41) is 15.6. The lowest BCUT2D eigenvalue weighted by Gasteiger charge is -2.10. The summed E-state index contributed by atoms with van der Waals surface area (Å²) in [4.78, 5) is 0. The van der Waals surface area contributed by atoms with Crippen molar-refractivity contribution in [2.45, 2.75) is 24.4 Å². The lowest BCUT2D eigenvalue weighted by Crippen LogP contribution is -2.00. The summed E-state index contributed by atoms with van der Waals surface area (Å²) in [6, 6.07) is 20.7. The van der Waals surface area contributed by atoms with Crippen LogP contribution in [0.1, 0.15) is 22.5 Å². The molecule has 0 aliphatic heterocycles. The molecule has 0 radical (unpaired) electrons. The number of thioether (sulfide) groups is 1. The Labute approximate surface area is 211 Å². The first-order valence-corrected chi connectivity index (χ1v) is 12.1. The predicted octanol–water partition coefficient (Wildman–Crippen LogP) is 7.30. The fraction of sp³-hybridized carbons (Fsp3) is 0.125. The number of hydrogen-bond donors (Lipinski definition) is 0. The second-order valence-electron chi connectivity index (χ2n) is 7.03. The topological polar surface area (TPSA) is 52.3 Å². The first-order chi connectivity index (χ1) is 16.0. The molecule has 0 aliphatic rings. The summed E-state index contributed by atoms with van der Waals surface area (Å²) in [6.07, 6.45) is 1.73. The van der Waals surface area contributed by atoms with Crippen LogP contribution in [0, 0.1) is 6.92 Å². The van der Waals surface area contributed by atoms with E-state index in [1.165, 1.54) is 11.8 Å². The Balaban J connectivity index is 1.49. The molecule has 5 nitrogen and oxygen atoms in total. The monoisotopic (exact) mass is 516 g/mol. The van der Waals surface area contributed by atoms with Crippen LogP contribution in [0.3, 0.4) is 0 Å². The van der Waals surface area contributed by atoms with Crippen LogP contribution < -0.4 is 4.74 Å². The smallest absolute Gasteiger partial charge is 0.212 e. The fourth-order valence-corrected chi connectivity index (χ4v) is 4.63. The molecular weight excluding hydrogens is 499 g/mol.